The van der Waals surface area contributed by atoms with Crippen LogP contribution in [-0.4, -0.2) is 12.9 Å². The summed E-state index contributed by atoms with van der Waals surface area (Å²) in [5.74, 6) is -0.246. The molecule has 0 aliphatic heterocycles. The molecule has 0 radical (unpaired) electrons. The van der Waals surface area contributed by atoms with E-state index in [1.54, 1.807) is 31.4 Å². The van der Waals surface area contributed by atoms with E-state index in [9.17, 15) is 10.1 Å². The molecule has 0 spiro atoms. The number of ketones is 1. The Labute approximate surface area is 124 Å². The first-order valence-corrected chi connectivity index (χ1v) is 6.72. The molecule has 0 bridgehead atoms. The summed E-state index contributed by atoms with van der Waals surface area (Å²) in [5.41, 5.74) is 3.12. The van der Waals surface area contributed by atoms with Gasteiger partial charge in [0.15, 0.2) is 5.78 Å². The van der Waals surface area contributed by atoms with Gasteiger partial charge in [-0.1, -0.05) is 30.3 Å². The molecule has 1 unspecified atom stereocenters. The fourth-order valence-electron chi connectivity index (χ4n) is 2.43. The number of carbonyl (C=O) groups is 1. The van der Waals surface area contributed by atoms with Gasteiger partial charge in [-0.25, -0.2) is 0 Å². The fraction of sp³-hybridized carbons (Fsp3) is 0.222. The van der Waals surface area contributed by atoms with E-state index in [-0.39, 0.29) is 5.78 Å². The number of rotatable bonds is 4. The van der Waals surface area contributed by atoms with Gasteiger partial charge in [-0.2, -0.15) is 5.26 Å². The summed E-state index contributed by atoms with van der Waals surface area (Å²) in [5, 5.41) is 9.42. The van der Waals surface area contributed by atoms with Crippen molar-refractivity contribution < 1.29 is 9.53 Å². The van der Waals surface area contributed by atoms with E-state index in [0.29, 0.717) is 16.9 Å². The van der Waals surface area contributed by atoms with E-state index >= 15 is 0 Å². The van der Waals surface area contributed by atoms with Gasteiger partial charge in [0, 0.05) is 5.56 Å². The molecule has 0 saturated carbocycles. The molecule has 106 valence electrons. The van der Waals surface area contributed by atoms with Crippen molar-refractivity contribution in [1.82, 2.24) is 0 Å². The highest BCUT2D eigenvalue weighted by molar-refractivity contribution is 6.04. The summed E-state index contributed by atoms with van der Waals surface area (Å²) < 4.78 is 5.10. The number of benzene rings is 2. The SMILES string of the molecule is COc1ccc(C(C#N)C(=O)c2c(C)cccc2C)cc1. The van der Waals surface area contributed by atoms with Crippen LogP contribution in [0, 0.1) is 25.2 Å². The normalized spacial score (nSPS) is 11.5. The van der Waals surface area contributed by atoms with Gasteiger partial charge in [-0.15, -0.1) is 0 Å². The molecule has 3 nitrogen and oxygen atoms in total. The van der Waals surface area contributed by atoms with Crippen molar-refractivity contribution in [3.8, 4) is 11.8 Å². The smallest absolute Gasteiger partial charge is 0.184 e. The predicted molar refractivity (Wildman–Crippen MR) is 81.6 cm³/mol. The molecule has 0 fully saturated rings. The number of hydrogen-bond acceptors (Lipinski definition) is 3. The lowest BCUT2D eigenvalue weighted by Crippen LogP contribution is -2.14. The Balaban J connectivity index is 2.41. The van der Waals surface area contributed by atoms with Gasteiger partial charge in [0.2, 0.25) is 0 Å². The van der Waals surface area contributed by atoms with Crippen molar-refractivity contribution in [2.24, 2.45) is 0 Å². The third kappa shape index (κ3) is 2.95. The van der Waals surface area contributed by atoms with Gasteiger partial charge in [0.05, 0.1) is 13.2 Å². The minimum atomic E-state index is -0.796. The van der Waals surface area contributed by atoms with Crippen LogP contribution in [0.2, 0.25) is 0 Å². The van der Waals surface area contributed by atoms with Crippen LogP contribution in [0.3, 0.4) is 0 Å². The number of methoxy groups -OCH3 is 1. The summed E-state index contributed by atoms with van der Waals surface area (Å²) in [7, 11) is 1.58. The lowest BCUT2D eigenvalue weighted by atomic mass is 9.88. The number of ether oxygens (including phenoxy) is 1. The molecule has 1 atom stereocenters. The highest BCUT2D eigenvalue weighted by Gasteiger charge is 2.24. The van der Waals surface area contributed by atoms with E-state index in [1.807, 2.05) is 32.0 Å². The van der Waals surface area contributed by atoms with Crippen molar-refractivity contribution in [3.05, 3.63) is 64.7 Å². The Kier molecular flexibility index (Phi) is 4.39. The number of Topliss-reactive ketones (excluding diaryl/α,β-unsaturated/α-hetero) is 1. The number of carbonyl (C=O) groups excluding carboxylic acids is 1. The van der Waals surface area contributed by atoms with Crippen LogP contribution in [0.4, 0.5) is 0 Å². The van der Waals surface area contributed by atoms with Gasteiger partial charge in [0.1, 0.15) is 11.7 Å². The van der Waals surface area contributed by atoms with Crippen molar-refractivity contribution in [2.75, 3.05) is 7.11 Å². The molecule has 0 amide bonds. The standard InChI is InChI=1S/C18H17NO2/c1-12-5-4-6-13(2)17(12)18(20)16(11-19)14-7-9-15(21-3)10-8-14/h4-10,16H,1-3H3. The second-order valence-corrected chi connectivity index (χ2v) is 4.97. The summed E-state index contributed by atoms with van der Waals surface area (Å²) in [6.07, 6.45) is 0. The second kappa shape index (κ2) is 6.23. The summed E-state index contributed by atoms with van der Waals surface area (Å²) in [6, 6.07) is 14.9. The third-order valence-corrected chi connectivity index (χ3v) is 3.57. The molecule has 0 aliphatic rings. The molecule has 0 aliphatic carbocycles. The summed E-state index contributed by atoms with van der Waals surface area (Å²) >= 11 is 0. The van der Waals surface area contributed by atoms with E-state index in [0.717, 1.165) is 11.1 Å². The molecular weight excluding hydrogens is 262 g/mol. The van der Waals surface area contributed by atoms with E-state index in [4.69, 9.17) is 4.74 Å². The molecule has 21 heavy (non-hydrogen) atoms. The van der Waals surface area contributed by atoms with Crippen molar-refractivity contribution in [1.29, 1.82) is 5.26 Å². The monoisotopic (exact) mass is 279 g/mol. The molecule has 3 heteroatoms. The maximum Gasteiger partial charge on any atom is 0.184 e. The van der Waals surface area contributed by atoms with E-state index < -0.39 is 5.92 Å². The van der Waals surface area contributed by atoms with Crippen LogP contribution < -0.4 is 4.74 Å². The zero-order chi connectivity index (χ0) is 15.4. The first-order valence-electron chi connectivity index (χ1n) is 6.72. The predicted octanol–water partition coefficient (Wildman–Crippen LogP) is 3.80. The third-order valence-electron chi connectivity index (χ3n) is 3.57. The summed E-state index contributed by atoms with van der Waals surface area (Å²) in [4.78, 5) is 12.7. The van der Waals surface area contributed by atoms with Gasteiger partial charge in [-0.05, 0) is 42.7 Å². The Bertz CT molecular complexity index is 676. The first kappa shape index (κ1) is 14.8. The summed E-state index contributed by atoms with van der Waals surface area (Å²) in [6.45, 7) is 3.78. The van der Waals surface area contributed by atoms with E-state index in [2.05, 4.69) is 6.07 Å². The van der Waals surface area contributed by atoms with Crippen molar-refractivity contribution >= 4 is 5.78 Å². The Morgan fingerprint density at radius 1 is 1.10 bits per heavy atom. The highest BCUT2D eigenvalue weighted by atomic mass is 16.5. The lowest BCUT2D eigenvalue weighted by Gasteiger charge is -2.13. The quantitative estimate of drug-likeness (QED) is 0.800. The molecule has 2 aromatic carbocycles. The van der Waals surface area contributed by atoms with Crippen molar-refractivity contribution in [2.45, 2.75) is 19.8 Å². The second-order valence-electron chi connectivity index (χ2n) is 4.97. The highest BCUT2D eigenvalue weighted by Crippen LogP contribution is 2.25. The Morgan fingerprint density at radius 3 is 2.14 bits per heavy atom. The van der Waals surface area contributed by atoms with Crippen LogP contribution >= 0.6 is 0 Å². The fourth-order valence-corrected chi connectivity index (χ4v) is 2.43. The van der Waals surface area contributed by atoms with Gasteiger partial charge in [-0.3, -0.25) is 4.79 Å². The maximum absolute atomic E-state index is 12.7. The lowest BCUT2D eigenvalue weighted by molar-refractivity contribution is 0.0977. The van der Waals surface area contributed by atoms with Crippen LogP contribution in [0.1, 0.15) is 33.0 Å². The van der Waals surface area contributed by atoms with Gasteiger partial charge < -0.3 is 4.74 Å². The zero-order valence-electron chi connectivity index (χ0n) is 12.4. The zero-order valence-corrected chi connectivity index (χ0v) is 12.4. The number of nitriles is 1. The molecule has 0 saturated heterocycles. The van der Waals surface area contributed by atoms with Crippen LogP contribution in [0.15, 0.2) is 42.5 Å². The molecule has 0 aromatic heterocycles. The van der Waals surface area contributed by atoms with Crippen LogP contribution in [0.5, 0.6) is 5.75 Å². The molecule has 2 aromatic rings. The Morgan fingerprint density at radius 2 is 1.67 bits per heavy atom. The topological polar surface area (TPSA) is 50.1 Å². The minimum absolute atomic E-state index is 0.154. The number of nitrogens with zero attached hydrogens (tertiary/aromatic N) is 1. The van der Waals surface area contributed by atoms with Crippen molar-refractivity contribution in [3.63, 3.8) is 0 Å². The molecule has 0 N–H and O–H groups in total. The van der Waals surface area contributed by atoms with Gasteiger partial charge >= 0.3 is 0 Å². The molecular formula is C18H17NO2. The first-order chi connectivity index (χ1) is 10.1. The molecule has 2 rings (SSSR count). The van der Waals surface area contributed by atoms with Gasteiger partial charge in [0.25, 0.3) is 0 Å². The Hall–Kier alpha value is -2.60. The van der Waals surface area contributed by atoms with E-state index in [1.165, 1.54) is 0 Å². The molecule has 0 heterocycles. The number of aryl methyl sites for hydroxylation is 2. The average Bonchev–Trinajstić information content (AvgIpc) is 2.48. The minimum Gasteiger partial charge on any atom is -0.497 e. The van der Waals surface area contributed by atoms with Crippen LogP contribution in [-0.2, 0) is 0 Å². The largest absolute Gasteiger partial charge is 0.497 e. The number of hydrogen-bond donors (Lipinski definition) is 0. The van der Waals surface area contributed by atoms with Crippen LogP contribution in [0.25, 0.3) is 0 Å². The maximum atomic E-state index is 12.7. The average molecular weight is 279 g/mol.